The summed E-state index contributed by atoms with van der Waals surface area (Å²) in [6.45, 7) is 3.76. The molecular weight excluding hydrogens is 174 g/mol. The second kappa shape index (κ2) is 4.11. The Morgan fingerprint density at radius 2 is 2.54 bits per heavy atom. The van der Waals surface area contributed by atoms with E-state index in [0.717, 1.165) is 0 Å². The van der Waals surface area contributed by atoms with Crippen LogP contribution in [0.3, 0.4) is 0 Å². The largest absolute Gasteiger partial charge is 0.481 e. The first-order chi connectivity index (χ1) is 6.08. The van der Waals surface area contributed by atoms with Gasteiger partial charge in [0.25, 0.3) is 0 Å². The fraction of sp³-hybridized carbons (Fsp3) is 0.750. The topological polar surface area (TPSA) is 68.1 Å². The van der Waals surface area contributed by atoms with E-state index >= 15 is 0 Å². The van der Waals surface area contributed by atoms with Crippen molar-refractivity contribution in [2.45, 2.75) is 38.9 Å². The predicted molar refractivity (Wildman–Crippen MR) is 45.4 cm³/mol. The minimum absolute atomic E-state index is 0.0333. The minimum atomic E-state index is -0.883. The molecule has 0 aliphatic carbocycles. The van der Waals surface area contributed by atoms with Gasteiger partial charge < -0.3 is 14.7 Å². The van der Waals surface area contributed by atoms with Gasteiger partial charge in [0.1, 0.15) is 6.10 Å². The standard InChI is InChI=1S/C8H13NO4/c1-5(2)12-7-3-6(13-9-7)4-8(10)11/h5-6H,3-4H2,1-2H3,(H,10,11). The summed E-state index contributed by atoms with van der Waals surface area (Å²) in [4.78, 5) is 15.2. The highest BCUT2D eigenvalue weighted by Crippen LogP contribution is 2.15. The van der Waals surface area contributed by atoms with E-state index in [1.165, 1.54) is 0 Å². The number of hydrogen-bond acceptors (Lipinski definition) is 4. The van der Waals surface area contributed by atoms with Crippen LogP contribution >= 0.6 is 0 Å². The maximum atomic E-state index is 10.3. The fourth-order valence-electron chi connectivity index (χ4n) is 1.05. The number of carboxylic acids is 1. The van der Waals surface area contributed by atoms with Crippen LogP contribution in [0.4, 0.5) is 0 Å². The van der Waals surface area contributed by atoms with Gasteiger partial charge in [0.15, 0.2) is 0 Å². The zero-order chi connectivity index (χ0) is 9.84. The van der Waals surface area contributed by atoms with Crippen LogP contribution in [0.2, 0.25) is 0 Å². The number of oxime groups is 1. The monoisotopic (exact) mass is 187 g/mol. The predicted octanol–water partition coefficient (Wildman–Crippen LogP) is 0.988. The molecule has 0 fully saturated rings. The third kappa shape index (κ3) is 3.31. The minimum Gasteiger partial charge on any atom is -0.481 e. The molecule has 1 rings (SSSR count). The molecule has 0 amide bonds. The van der Waals surface area contributed by atoms with Gasteiger partial charge in [-0.05, 0) is 13.8 Å². The van der Waals surface area contributed by atoms with E-state index in [-0.39, 0.29) is 18.6 Å². The maximum absolute atomic E-state index is 10.3. The molecule has 1 aliphatic heterocycles. The molecule has 0 aromatic carbocycles. The van der Waals surface area contributed by atoms with Crippen LogP contribution in [0.25, 0.3) is 0 Å². The van der Waals surface area contributed by atoms with Gasteiger partial charge in [-0.15, -0.1) is 0 Å². The number of ether oxygens (including phenoxy) is 1. The zero-order valence-corrected chi connectivity index (χ0v) is 7.69. The summed E-state index contributed by atoms with van der Waals surface area (Å²) in [6.07, 6.45) is 0.0936. The van der Waals surface area contributed by atoms with Gasteiger partial charge in [-0.2, -0.15) is 0 Å². The Labute approximate surface area is 76.3 Å². The molecule has 74 valence electrons. The number of nitrogens with zero attached hydrogens (tertiary/aromatic N) is 1. The summed E-state index contributed by atoms with van der Waals surface area (Å²) >= 11 is 0. The van der Waals surface area contributed by atoms with Crippen molar-refractivity contribution in [3.8, 4) is 0 Å². The molecule has 5 nitrogen and oxygen atoms in total. The quantitative estimate of drug-likeness (QED) is 0.715. The Bertz CT molecular complexity index is 224. The second-order valence-corrected chi connectivity index (χ2v) is 3.18. The molecule has 0 saturated heterocycles. The number of hydrogen-bond donors (Lipinski definition) is 1. The number of carbonyl (C=O) groups is 1. The first-order valence-corrected chi connectivity index (χ1v) is 4.19. The number of carboxylic acid groups (broad SMARTS) is 1. The van der Waals surface area contributed by atoms with Gasteiger partial charge in [0.2, 0.25) is 5.90 Å². The van der Waals surface area contributed by atoms with Crippen molar-refractivity contribution in [1.29, 1.82) is 0 Å². The van der Waals surface area contributed by atoms with Gasteiger partial charge in [0.05, 0.1) is 18.9 Å². The summed E-state index contributed by atoms with van der Waals surface area (Å²) < 4.78 is 5.26. The highest BCUT2D eigenvalue weighted by Gasteiger charge is 2.25. The number of aliphatic carboxylic acids is 1. The Balaban J connectivity index is 2.29. The third-order valence-corrected chi connectivity index (χ3v) is 1.48. The van der Waals surface area contributed by atoms with Crippen molar-refractivity contribution in [2.75, 3.05) is 0 Å². The SMILES string of the molecule is CC(C)OC1=NOC(CC(=O)O)C1. The third-order valence-electron chi connectivity index (χ3n) is 1.48. The van der Waals surface area contributed by atoms with Crippen molar-refractivity contribution in [2.24, 2.45) is 5.16 Å². The normalized spacial score (nSPS) is 21.2. The zero-order valence-electron chi connectivity index (χ0n) is 7.69. The first-order valence-electron chi connectivity index (χ1n) is 4.19. The van der Waals surface area contributed by atoms with Crippen LogP contribution in [0.1, 0.15) is 26.7 Å². The Morgan fingerprint density at radius 1 is 1.85 bits per heavy atom. The molecular formula is C8H13NO4. The van der Waals surface area contributed by atoms with Gasteiger partial charge in [-0.1, -0.05) is 5.16 Å². The van der Waals surface area contributed by atoms with Crippen LogP contribution in [-0.4, -0.2) is 29.2 Å². The first kappa shape index (κ1) is 9.83. The summed E-state index contributed by atoms with van der Waals surface area (Å²) in [5.74, 6) is -0.396. The van der Waals surface area contributed by atoms with Crippen molar-refractivity contribution in [3.05, 3.63) is 0 Å². The van der Waals surface area contributed by atoms with Crippen LogP contribution in [0, 0.1) is 0 Å². The van der Waals surface area contributed by atoms with E-state index in [2.05, 4.69) is 5.16 Å². The van der Waals surface area contributed by atoms with Crippen molar-refractivity contribution >= 4 is 11.9 Å². The van der Waals surface area contributed by atoms with Gasteiger partial charge in [-0.3, -0.25) is 4.79 Å². The van der Waals surface area contributed by atoms with Gasteiger partial charge in [-0.25, -0.2) is 0 Å². The van der Waals surface area contributed by atoms with Crippen LogP contribution < -0.4 is 0 Å². The molecule has 1 atom stereocenters. The van der Waals surface area contributed by atoms with Crippen LogP contribution in [0.15, 0.2) is 5.16 Å². The summed E-state index contributed by atoms with van der Waals surface area (Å²) in [5, 5.41) is 12.1. The van der Waals surface area contributed by atoms with Crippen molar-refractivity contribution in [1.82, 2.24) is 0 Å². The molecule has 0 aromatic heterocycles. The molecule has 0 aromatic rings. The average molecular weight is 187 g/mol. The molecule has 13 heavy (non-hydrogen) atoms. The molecule has 1 heterocycles. The summed E-state index contributed by atoms with van der Waals surface area (Å²) in [7, 11) is 0. The smallest absolute Gasteiger partial charge is 0.307 e. The van der Waals surface area contributed by atoms with E-state index in [0.29, 0.717) is 12.3 Å². The molecule has 1 unspecified atom stereocenters. The van der Waals surface area contributed by atoms with E-state index in [1.54, 1.807) is 0 Å². The Kier molecular flexibility index (Phi) is 3.11. The lowest BCUT2D eigenvalue weighted by Gasteiger charge is -2.07. The van der Waals surface area contributed by atoms with Crippen LogP contribution in [-0.2, 0) is 14.4 Å². The Hall–Kier alpha value is -1.26. The molecule has 1 N–H and O–H groups in total. The van der Waals surface area contributed by atoms with Crippen molar-refractivity contribution in [3.63, 3.8) is 0 Å². The summed E-state index contributed by atoms with van der Waals surface area (Å²) in [5.41, 5.74) is 0. The van der Waals surface area contributed by atoms with E-state index in [9.17, 15) is 4.79 Å². The molecule has 1 aliphatic rings. The van der Waals surface area contributed by atoms with E-state index < -0.39 is 5.97 Å². The lowest BCUT2D eigenvalue weighted by Crippen LogP contribution is -2.16. The van der Waals surface area contributed by atoms with Gasteiger partial charge >= 0.3 is 5.97 Å². The fourth-order valence-corrected chi connectivity index (χ4v) is 1.05. The Morgan fingerprint density at radius 3 is 3.08 bits per heavy atom. The van der Waals surface area contributed by atoms with Crippen LogP contribution in [0.5, 0.6) is 0 Å². The maximum Gasteiger partial charge on any atom is 0.307 e. The molecule has 5 heteroatoms. The average Bonchev–Trinajstić information content (AvgIpc) is 2.33. The molecule has 0 saturated carbocycles. The summed E-state index contributed by atoms with van der Waals surface area (Å²) in [6, 6.07) is 0. The van der Waals surface area contributed by atoms with Gasteiger partial charge in [0, 0.05) is 0 Å². The molecule has 0 radical (unpaired) electrons. The van der Waals surface area contributed by atoms with E-state index in [4.69, 9.17) is 14.7 Å². The highest BCUT2D eigenvalue weighted by molar-refractivity contribution is 5.78. The highest BCUT2D eigenvalue weighted by atomic mass is 16.7. The molecule has 0 bridgehead atoms. The van der Waals surface area contributed by atoms with E-state index in [1.807, 2.05) is 13.8 Å². The van der Waals surface area contributed by atoms with Crippen molar-refractivity contribution < 1.29 is 19.5 Å². The lowest BCUT2D eigenvalue weighted by atomic mass is 10.2. The lowest BCUT2D eigenvalue weighted by molar-refractivity contribution is -0.139. The number of rotatable bonds is 3. The second-order valence-electron chi connectivity index (χ2n) is 3.18. The molecule has 0 spiro atoms.